The van der Waals surface area contributed by atoms with Crippen LogP contribution < -0.4 is 10.6 Å². The molecule has 2 aromatic heterocycles. The summed E-state index contributed by atoms with van der Waals surface area (Å²) < 4.78 is 49.2. The van der Waals surface area contributed by atoms with Crippen LogP contribution in [0.15, 0.2) is 110 Å². The van der Waals surface area contributed by atoms with Crippen molar-refractivity contribution < 1.29 is 57.1 Å². The zero-order chi connectivity index (χ0) is 50.8. The van der Waals surface area contributed by atoms with E-state index in [1.807, 2.05) is 22.6 Å². The topological polar surface area (TPSA) is 227 Å². The van der Waals surface area contributed by atoms with E-state index in [2.05, 4.69) is 25.5 Å². The van der Waals surface area contributed by atoms with E-state index in [0.717, 1.165) is 17.8 Å². The molecule has 2 saturated heterocycles. The largest absolute Gasteiger partial charge is 0.478 e. The first-order valence-electron chi connectivity index (χ1n) is 22.0. The van der Waals surface area contributed by atoms with Gasteiger partial charge in [0.15, 0.2) is 21.7 Å². The van der Waals surface area contributed by atoms with E-state index < -0.39 is 54.0 Å². The Labute approximate surface area is 419 Å². The second-order valence-electron chi connectivity index (χ2n) is 16.3. The van der Waals surface area contributed by atoms with E-state index in [-0.39, 0.29) is 16.4 Å². The summed E-state index contributed by atoms with van der Waals surface area (Å²) in [4.78, 5) is 70.4. The van der Waals surface area contributed by atoms with E-state index in [4.69, 9.17) is 50.7 Å². The van der Waals surface area contributed by atoms with Gasteiger partial charge in [-0.05, 0) is 61.4 Å². The van der Waals surface area contributed by atoms with Crippen molar-refractivity contribution in [2.75, 3.05) is 66.7 Å². The lowest BCUT2D eigenvalue weighted by molar-refractivity contribution is -0.137. The lowest BCUT2D eigenvalue weighted by atomic mass is 9.92. The number of aliphatic carboxylic acids is 2. The number of ether oxygens (including phenoxy) is 4. The van der Waals surface area contributed by atoms with Crippen molar-refractivity contribution in [2.24, 2.45) is 9.98 Å². The summed E-state index contributed by atoms with van der Waals surface area (Å²) >= 11 is 9.20. The SMILES string of the molecule is COC(=O)C1=C(CN2CCOC(/C=C/C(=O)O)C2)NC(c2nc(C)cs2)=NC1c1ccc(F)cc1Cl.COC(=O)C1=C(CN2CCOC(/C=C/C(=O)O)C2)NC(c2nccs2)=NC1c1ccc(F)cc1C. The molecule has 71 heavy (non-hydrogen) atoms. The minimum absolute atomic E-state index is 0.131. The van der Waals surface area contributed by atoms with Gasteiger partial charge in [0.25, 0.3) is 0 Å². The van der Waals surface area contributed by atoms with Crippen molar-refractivity contribution >= 4 is 69.8 Å². The highest BCUT2D eigenvalue weighted by atomic mass is 35.5. The number of methoxy groups -OCH3 is 2. The van der Waals surface area contributed by atoms with E-state index in [1.165, 1.54) is 79.4 Å². The Bertz CT molecular complexity index is 2830. The van der Waals surface area contributed by atoms with Crippen molar-refractivity contribution in [1.82, 2.24) is 30.4 Å². The lowest BCUT2D eigenvalue weighted by Gasteiger charge is -2.34. The van der Waals surface area contributed by atoms with E-state index in [1.54, 1.807) is 19.2 Å². The van der Waals surface area contributed by atoms with Crippen molar-refractivity contribution in [1.29, 1.82) is 0 Å². The van der Waals surface area contributed by atoms with Gasteiger partial charge in [-0.2, -0.15) is 0 Å². The number of carbonyl (C=O) groups excluding carboxylic acids is 2. The van der Waals surface area contributed by atoms with Gasteiger partial charge in [0, 0.05) is 96.1 Å². The molecule has 8 rings (SSSR count). The molecule has 4 unspecified atom stereocenters. The number of halogens is 3. The number of benzene rings is 2. The zero-order valence-corrected chi connectivity index (χ0v) is 41.2. The lowest BCUT2D eigenvalue weighted by Crippen LogP contribution is -2.46. The number of esters is 2. The van der Waals surface area contributed by atoms with Gasteiger partial charge in [-0.3, -0.25) is 19.8 Å². The molecule has 0 spiro atoms. The molecule has 374 valence electrons. The molecule has 0 bridgehead atoms. The Hall–Kier alpha value is -6.53. The standard InChI is InChI=1S/C24H24ClFN4O5S.C24H25FN4O5S/c1-13-12-36-23(27-13)22-28-18(11-30-7-8-35-15(10-30)4-6-19(31)32)20(24(33)34-2)21(29-22)16-5-3-14(26)9-17(16)25;1-14-11-15(25)3-5-17(14)21-20(24(32)33-2)18(27-22(28-21)23-26-7-10-35-23)13-29-8-9-34-16(12-29)4-6-19(30)31/h3-6,9,12,15,21H,7-8,10-11H2,1-2H3,(H,28,29)(H,31,32);3-7,10-11,16,21H,8-9,12-13H2,1-2H3,(H,27,28)(H,30,31)/b2*6-4+. The molecule has 4 N–H and O–H groups in total. The Morgan fingerprint density at radius 2 is 1.31 bits per heavy atom. The maximum absolute atomic E-state index is 13.9. The number of thiazole rings is 2. The third-order valence-electron chi connectivity index (χ3n) is 11.3. The van der Waals surface area contributed by atoms with Crippen LogP contribution in [0.25, 0.3) is 0 Å². The Balaban J connectivity index is 0.000000209. The Kier molecular flexibility index (Phi) is 17.7. The fourth-order valence-electron chi connectivity index (χ4n) is 8.09. The highest BCUT2D eigenvalue weighted by Gasteiger charge is 2.37. The normalized spacial score (nSPS) is 20.9. The first-order chi connectivity index (χ1) is 34.1. The molecule has 18 nitrogen and oxygen atoms in total. The molecule has 0 amide bonds. The molecule has 4 aliphatic heterocycles. The van der Waals surface area contributed by atoms with Gasteiger partial charge in [0.2, 0.25) is 0 Å². The molecule has 0 radical (unpaired) electrons. The van der Waals surface area contributed by atoms with Crippen LogP contribution in [0.5, 0.6) is 0 Å². The zero-order valence-electron chi connectivity index (χ0n) is 38.8. The summed E-state index contributed by atoms with van der Waals surface area (Å²) in [5.74, 6) is -3.16. The molecular weight excluding hydrogens is 986 g/mol. The molecule has 2 aromatic carbocycles. The van der Waals surface area contributed by atoms with Gasteiger partial charge in [0.05, 0.1) is 50.8 Å². The summed E-state index contributed by atoms with van der Waals surface area (Å²) in [7, 11) is 2.59. The van der Waals surface area contributed by atoms with Crippen molar-refractivity contribution in [3.05, 3.63) is 149 Å². The predicted molar refractivity (Wildman–Crippen MR) is 260 cm³/mol. The fourth-order valence-corrected chi connectivity index (χ4v) is 9.70. The first-order valence-corrected chi connectivity index (χ1v) is 24.1. The minimum Gasteiger partial charge on any atom is -0.478 e. The second kappa shape index (κ2) is 24.1. The number of rotatable bonds is 14. The Morgan fingerprint density at radius 1 is 0.789 bits per heavy atom. The van der Waals surface area contributed by atoms with Crippen LogP contribution in [0, 0.1) is 25.5 Å². The number of aryl methyl sites for hydroxylation is 2. The molecule has 0 saturated carbocycles. The van der Waals surface area contributed by atoms with Crippen LogP contribution in [-0.2, 0) is 38.1 Å². The number of carboxylic acids is 2. The van der Waals surface area contributed by atoms with Gasteiger partial charge >= 0.3 is 23.9 Å². The minimum atomic E-state index is -1.06. The molecule has 4 aromatic rings. The van der Waals surface area contributed by atoms with Gasteiger partial charge in [-0.25, -0.2) is 37.9 Å². The Morgan fingerprint density at radius 3 is 1.77 bits per heavy atom. The number of morpholine rings is 2. The fraction of sp³-hybridized carbons (Fsp3) is 0.333. The summed E-state index contributed by atoms with van der Waals surface area (Å²) in [6.07, 6.45) is 5.96. The first kappa shape index (κ1) is 52.3. The van der Waals surface area contributed by atoms with Crippen molar-refractivity contribution in [3.63, 3.8) is 0 Å². The number of aromatic nitrogens is 2. The summed E-state index contributed by atoms with van der Waals surface area (Å²) in [5.41, 5.74) is 4.31. The van der Waals surface area contributed by atoms with Gasteiger partial charge in [-0.15, -0.1) is 22.7 Å². The van der Waals surface area contributed by atoms with Gasteiger partial charge in [0.1, 0.15) is 23.7 Å². The van der Waals surface area contributed by atoms with Crippen LogP contribution in [0.2, 0.25) is 5.02 Å². The highest BCUT2D eigenvalue weighted by Crippen LogP contribution is 2.38. The third-order valence-corrected chi connectivity index (χ3v) is 13.4. The number of amidine groups is 2. The van der Waals surface area contributed by atoms with E-state index in [0.29, 0.717) is 108 Å². The average Bonchev–Trinajstić information content (AvgIpc) is 4.05. The molecule has 4 atom stereocenters. The smallest absolute Gasteiger partial charge is 0.338 e. The monoisotopic (exact) mass is 1030 g/mol. The van der Waals surface area contributed by atoms with Crippen LogP contribution in [0.1, 0.15) is 44.5 Å². The molecule has 6 heterocycles. The molecule has 2 fully saturated rings. The molecule has 4 aliphatic rings. The quantitative estimate of drug-likeness (QED) is 0.0897. The third kappa shape index (κ3) is 13.5. The second-order valence-corrected chi connectivity index (χ2v) is 18.4. The van der Waals surface area contributed by atoms with E-state index >= 15 is 0 Å². The molecular formula is C48H49ClF2N8O10S2. The summed E-state index contributed by atoms with van der Waals surface area (Å²) in [6, 6.07) is 6.76. The predicted octanol–water partition coefficient (Wildman–Crippen LogP) is 5.55. The molecule has 0 aliphatic carbocycles. The van der Waals surface area contributed by atoms with Crippen molar-refractivity contribution in [3.8, 4) is 0 Å². The van der Waals surface area contributed by atoms with Crippen molar-refractivity contribution in [2.45, 2.75) is 38.1 Å². The average molecular weight is 1040 g/mol. The number of nitrogens with one attached hydrogen (secondary N) is 2. The van der Waals surface area contributed by atoms with Crippen LogP contribution in [-0.4, -0.2) is 144 Å². The molecule has 23 heteroatoms. The number of hydrogen-bond acceptors (Lipinski definition) is 18. The summed E-state index contributed by atoms with van der Waals surface area (Å²) in [6.45, 7) is 7.06. The van der Waals surface area contributed by atoms with Crippen LogP contribution >= 0.6 is 34.3 Å². The number of hydrogen-bond donors (Lipinski definition) is 4. The van der Waals surface area contributed by atoms with Gasteiger partial charge < -0.3 is 39.8 Å². The number of carboxylic acid groups (broad SMARTS) is 2. The van der Waals surface area contributed by atoms with Crippen LogP contribution in [0.4, 0.5) is 8.78 Å². The van der Waals surface area contributed by atoms with Gasteiger partial charge in [-0.1, -0.05) is 23.7 Å². The maximum atomic E-state index is 13.9. The number of nitrogens with zero attached hydrogens (tertiary/aromatic N) is 6. The number of aliphatic imine (C=N–C) groups is 2. The maximum Gasteiger partial charge on any atom is 0.338 e. The van der Waals surface area contributed by atoms with Crippen LogP contribution in [0.3, 0.4) is 0 Å². The highest BCUT2D eigenvalue weighted by molar-refractivity contribution is 7.12. The number of carbonyl (C=O) groups is 4. The summed E-state index contributed by atoms with van der Waals surface area (Å²) in [5, 5.41) is 29.5. The van der Waals surface area contributed by atoms with E-state index in [9.17, 15) is 28.0 Å².